The van der Waals surface area contributed by atoms with Crippen molar-refractivity contribution in [3.63, 3.8) is 0 Å². The average Bonchev–Trinajstić information content (AvgIpc) is 2.74. The van der Waals surface area contributed by atoms with E-state index in [9.17, 15) is 14.9 Å². The first-order valence-electron chi connectivity index (χ1n) is 5.16. The highest BCUT2D eigenvalue weighted by atomic mass is 35.5. The number of hydrogen-bond donors (Lipinski definition) is 1. The number of aryl methyl sites for hydroxylation is 1. The lowest BCUT2D eigenvalue weighted by atomic mass is 10.2. The van der Waals surface area contributed by atoms with Crippen molar-refractivity contribution < 1.29 is 14.2 Å². The maximum atomic E-state index is 11.8. The van der Waals surface area contributed by atoms with Gasteiger partial charge in [0.15, 0.2) is 0 Å². The molecule has 1 N–H and O–H groups in total. The van der Waals surface area contributed by atoms with Gasteiger partial charge in [-0.2, -0.15) is 0 Å². The van der Waals surface area contributed by atoms with E-state index in [1.807, 2.05) is 0 Å². The number of aromatic nitrogens is 1. The molecule has 98 valence electrons. The van der Waals surface area contributed by atoms with Gasteiger partial charge in [0.25, 0.3) is 11.6 Å². The predicted molar refractivity (Wildman–Crippen MR) is 67.3 cm³/mol. The van der Waals surface area contributed by atoms with Gasteiger partial charge in [0.1, 0.15) is 5.02 Å². The molecule has 7 nitrogen and oxygen atoms in total. The zero-order valence-electron chi connectivity index (χ0n) is 9.71. The summed E-state index contributed by atoms with van der Waals surface area (Å²) in [5.74, 6) is -0.379. The Morgan fingerprint density at radius 2 is 2.21 bits per heavy atom. The van der Waals surface area contributed by atoms with Gasteiger partial charge in [0.05, 0.1) is 10.6 Å². The quantitative estimate of drug-likeness (QED) is 0.689. The smallest absolute Gasteiger partial charge is 0.288 e. The third-order valence-electron chi connectivity index (χ3n) is 2.27. The Bertz CT molecular complexity index is 653. The molecule has 0 saturated carbocycles. The van der Waals surface area contributed by atoms with Gasteiger partial charge in [-0.15, -0.1) is 0 Å². The molecular weight excluding hydrogens is 274 g/mol. The molecule has 0 aliphatic carbocycles. The highest BCUT2D eigenvalue weighted by molar-refractivity contribution is 6.32. The van der Waals surface area contributed by atoms with E-state index in [-0.39, 0.29) is 22.2 Å². The van der Waals surface area contributed by atoms with Crippen LogP contribution in [-0.4, -0.2) is 16.0 Å². The molecule has 1 heterocycles. The molecule has 19 heavy (non-hydrogen) atoms. The summed E-state index contributed by atoms with van der Waals surface area (Å²) in [7, 11) is 0. The van der Waals surface area contributed by atoms with Crippen molar-refractivity contribution in [2.24, 2.45) is 0 Å². The summed E-state index contributed by atoms with van der Waals surface area (Å²) in [6.45, 7) is 1.70. The van der Waals surface area contributed by atoms with Crippen LogP contribution in [0.1, 0.15) is 16.1 Å². The van der Waals surface area contributed by atoms with Crippen LogP contribution in [0, 0.1) is 17.0 Å². The standard InChI is InChI=1S/C11H8ClN3O4/c1-6-4-10(19-14-6)13-11(16)7-2-3-8(12)9(5-7)15(17)18/h2-5H,1H3,(H,13,16). The first-order chi connectivity index (χ1) is 8.97. The van der Waals surface area contributed by atoms with Crippen molar-refractivity contribution in [2.75, 3.05) is 5.32 Å². The zero-order valence-corrected chi connectivity index (χ0v) is 10.5. The van der Waals surface area contributed by atoms with E-state index in [0.717, 1.165) is 6.07 Å². The minimum absolute atomic E-state index is 0.0305. The number of nitrogens with zero attached hydrogens (tertiary/aromatic N) is 2. The molecule has 0 atom stereocenters. The number of amides is 1. The van der Waals surface area contributed by atoms with E-state index in [4.69, 9.17) is 16.1 Å². The second kappa shape index (κ2) is 5.07. The van der Waals surface area contributed by atoms with Gasteiger partial charge in [0, 0.05) is 17.7 Å². The Morgan fingerprint density at radius 3 is 2.79 bits per heavy atom. The van der Waals surface area contributed by atoms with Crippen molar-refractivity contribution in [2.45, 2.75) is 6.92 Å². The maximum Gasteiger partial charge on any atom is 0.288 e. The molecule has 1 aromatic carbocycles. The maximum absolute atomic E-state index is 11.8. The molecule has 0 aliphatic heterocycles. The van der Waals surface area contributed by atoms with Crippen molar-refractivity contribution in [3.8, 4) is 0 Å². The van der Waals surface area contributed by atoms with Gasteiger partial charge in [0.2, 0.25) is 5.88 Å². The zero-order chi connectivity index (χ0) is 14.0. The lowest BCUT2D eigenvalue weighted by Gasteiger charge is -2.02. The van der Waals surface area contributed by atoms with Crippen molar-refractivity contribution in [1.29, 1.82) is 0 Å². The van der Waals surface area contributed by atoms with E-state index >= 15 is 0 Å². The van der Waals surface area contributed by atoms with Crippen LogP contribution in [0.2, 0.25) is 5.02 Å². The van der Waals surface area contributed by atoms with Gasteiger partial charge < -0.3 is 4.52 Å². The Labute approximate surface area is 112 Å². The van der Waals surface area contributed by atoms with Crippen LogP contribution in [0.4, 0.5) is 11.6 Å². The normalized spacial score (nSPS) is 10.2. The third kappa shape index (κ3) is 2.89. The number of nitro benzene ring substituents is 1. The minimum atomic E-state index is -0.655. The van der Waals surface area contributed by atoms with E-state index in [1.165, 1.54) is 18.2 Å². The number of rotatable bonds is 3. The van der Waals surface area contributed by atoms with Gasteiger partial charge in [-0.1, -0.05) is 16.8 Å². The van der Waals surface area contributed by atoms with Crippen LogP contribution in [0.15, 0.2) is 28.8 Å². The molecule has 1 amide bonds. The molecule has 0 spiro atoms. The molecule has 0 radical (unpaired) electrons. The van der Waals surface area contributed by atoms with E-state index in [0.29, 0.717) is 5.69 Å². The molecule has 0 fully saturated rings. The molecule has 8 heteroatoms. The average molecular weight is 282 g/mol. The number of carbonyl (C=O) groups is 1. The topological polar surface area (TPSA) is 98.3 Å². The van der Waals surface area contributed by atoms with Gasteiger partial charge >= 0.3 is 0 Å². The van der Waals surface area contributed by atoms with Crippen LogP contribution in [0.25, 0.3) is 0 Å². The number of anilines is 1. The van der Waals surface area contributed by atoms with Gasteiger partial charge in [-0.25, -0.2) is 0 Å². The van der Waals surface area contributed by atoms with Crippen molar-refractivity contribution >= 4 is 29.1 Å². The number of halogens is 1. The molecule has 2 aromatic rings. The fourth-order valence-electron chi connectivity index (χ4n) is 1.40. The summed E-state index contributed by atoms with van der Waals surface area (Å²) in [5.41, 5.74) is 0.380. The Hall–Kier alpha value is -2.41. The fraction of sp³-hybridized carbons (Fsp3) is 0.0909. The summed E-state index contributed by atoms with van der Waals surface area (Å²) >= 11 is 5.66. The Morgan fingerprint density at radius 1 is 1.47 bits per heavy atom. The lowest BCUT2D eigenvalue weighted by Crippen LogP contribution is -2.11. The van der Waals surface area contributed by atoms with E-state index in [2.05, 4.69) is 10.5 Å². The Kier molecular flexibility index (Phi) is 3.48. The molecule has 0 saturated heterocycles. The van der Waals surface area contributed by atoms with Crippen LogP contribution >= 0.6 is 11.6 Å². The first-order valence-corrected chi connectivity index (χ1v) is 5.54. The van der Waals surface area contributed by atoms with E-state index in [1.54, 1.807) is 6.92 Å². The number of nitrogens with one attached hydrogen (secondary N) is 1. The van der Waals surface area contributed by atoms with Crippen molar-refractivity contribution in [1.82, 2.24) is 5.16 Å². The largest absolute Gasteiger partial charge is 0.338 e. The van der Waals surface area contributed by atoms with Crippen LogP contribution in [-0.2, 0) is 0 Å². The third-order valence-corrected chi connectivity index (χ3v) is 2.59. The summed E-state index contributed by atoms with van der Waals surface area (Å²) in [6, 6.07) is 5.30. The fourth-order valence-corrected chi connectivity index (χ4v) is 1.59. The lowest BCUT2D eigenvalue weighted by molar-refractivity contribution is -0.384. The van der Waals surface area contributed by atoms with Crippen LogP contribution in [0.3, 0.4) is 0 Å². The minimum Gasteiger partial charge on any atom is -0.338 e. The number of hydrogen-bond acceptors (Lipinski definition) is 5. The van der Waals surface area contributed by atoms with Gasteiger partial charge in [-0.05, 0) is 19.1 Å². The number of carbonyl (C=O) groups excluding carboxylic acids is 1. The summed E-state index contributed by atoms with van der Waals surface area (Å²) in [6.07, 6.45) is 0. The van der Waals surface area contributed by atoms with E-state index < -0.39 is 10.8 Å². The number of benzene rings is 1. The molecule has 0 bridgehead atoms. The predicted octanol–water partition coefficient (Wildman–Crippen LogP) is 2.80. The first kappa shape index (κ1) is 13.0. The Balaban J connectivity index is 2.24. The highest BCUT2D eigenvalue weighted by Crippen LogP contribution is 2.25. The second-order valence-electron chi connectivity index (χ2n) is 3.71. The van der Waals surface area contributed by atoms with Gasteiger partial charge in [-0.3, -0.25) is 20.2 Å². The summed E-state index contributed by atoms with van der Waals surface area (Å²) < 4.78 is 4.82. The SMILES string of the molecule is Cc1cc(NC(=O)c2ccc(Cl)c([N+](=O)[O-])c2)on1. The monoisotopic (exact) mass is 281 g/mol. The molecular formula is C11H8ClN3O4. The highest BCUT2D eigenvalue weighted by Gasteiger charge is 2.17. The summed E-state index contributed by atoms with van der Waals surface area (Å²) in [4.78, 5) is 21.9. The molecule has 2 rings (SSSR count). The van der Waals surface area contributed by atoms with Crippen molar-refractivity contribution in [3.05, 3.63) is 50.7 Å². The second-order valence-corrected chi connectivity index (χ2v) is 4.12. The number of nitro groups is 1. The van der Waals surface area contributed by atoms with Crippen LogP contribution < -0.4 is 5.32 Å². The summed E-state index contributed by atoms with van der Waals surface area (Å²) in [5, 5.41) is 16.7. The molecule has 0 unspecified atom stereocenters. The molecule has 0 aliphatic rings. The molecule has 1 aromatic heterocycles. The van der Waals surface area contributed by atoms with Crippen LogP contribution in [0.5, 0.6) is 0 Å².